The summed E-state index contributed by atoms with van der Waals surface area (Å²) >= 11 is 0. The first-order chi connectivity index (χ1) is 12.4. The molecule has 0 saturated heterocycles. The van der Waals surface area contributed by atoms with Gasteiger partial charge in [0.25, 0.3) is 5.91 Å². The van der Waals surface area contributed by atoms with Gasteiger partial charge in [0.2, 0.25) is 5.91 Å². The minimum absolute atomic E-state index is 0.0221. The number of carbonyl (C=O) groups is 2. The third kappa shape index (κ3) is 5.62. The van der Waals surface area contributed by atoms with Crippen molar-refractivity contribution >= 4 is 17.5 Å². The average Bonchev–Trinajstić information content (AvgIpc) is 2.63. The summed E-state index contributed by atoms with van der Waals surface area (Å²) in [7, 11) is 1.79. The molecule has 3 N–H and O–H groups in total. The molecule has 5 heteroatoms. The van der Waals surface area contributed by atoms with E-state index < -0.39 is 0 Å². The van der Waals surface area contributed by atoms with Gasteiger partial charge in [-0.25, -0.2) is 0 Å². The Morgan fingerprint density at radius 1 is 1.00 bits per heavy atom. The lowest BCUT2D eigenvalue weighted by molar-refractivity contribution is -0.133. The van der Waals surface area contributed by atoms with Crippen molar-refractivity contribution in [2.24, 2.45) is 5.92 Å². The van der Waals surface area contributed by atoms with Crippen molar-refractivity contribution in [1.82, 2.24) is 10.2 Å². The van der Waals surface area contributed by atoms with E-state index in [0.717, 1.165) is 23.2 Å². The third-order valence-electron chi connectivity index (χ3n) is 4.18. The second kappa shape index (κ2) is 9.04. The van der Waals surface area contributed by atoms with Crippen LogP contribution in [-0.4, -0.2) is 30.3 Å². The van der Waals surface area contributed by atoms with E-state index in [1.54, 1.807) is 24.1 Å². The van der Waals surface area contributed by atoms with Crippen LogP contribution in [0.4, 0.5) is 5.69 Å². The van der Waals surface area contributed by atoms with Gasteiger partial charge in [0, 0.05) is 37.3 Å². The Kier molecular flexibility index (Phi) is 6.78. The first-order valence-electron chi connectivity index (χ1n) is 8.83. The van der Waals surface area contributed by atoms with E-state index in [0.29, 0.717) is 18.7 Å². The highest BCUT2D eigenvalue weighted by molar-refractivity contribution is 5.94. The van der Waals surface area contributed by atoms with Crippen molar-refractivity contribution in [2.75, 3.05) is 19.3 Å². The normalized spacial score (nSPS) is 10.6. The lowest BCUT2D eigenvalue weighted by Crippen LogP contribution is -2.30. The fraction of sp³-hybridized carbons (Fsp3) is 0.333. The van der Waals surface area contributed by atoms with Crippen molar-refractivity contribution in [1.29, 1.82) is 0 Å². The minimum Gasteiger partial charge on any atom is -0.399 e. The van der Waals surface area contributed by atoms with E-state index in [4.69, 9.17) is 5.73 Å². The molecule has 0 aromatic heterocycles. The van der Waals surface area contributed by atoms with Gasteiger partial charge in [-0.15, -0.1) is 0 Å². The van der Waals surface area contributed by atoms with Gasteiger partial charge in [0.05, 0.1) is 0 Å². The molecule has 0 atom stereocenters. The summed E-state index contributed by atoms with van der Waals surface area (Å²) in [5, 5.41) is 2.92. The molecule has 0 radical (unpaired) electrons. The standard InChI is InChI=1S/C21H27N3O2/c1-15(2)21(26)24(3)14-17-4-8-18(9-5-17)20(25)23-13-12-16-6-10-19(22)11-7-16/h4-11,15H,12-14,22H2,1-3H3,(H,23,25). The quantitative estimate of drug-likeness (QED) is 0.752. The molecule has 0 aliphatic carbocycles. The van der Waals surface area contributed by atoms with Crippen molar-refractivity contribution in [2.45, 2.75) is 26.8 Å². The third-order valence-corrected chi connectivity index (χ3v) is 4.18. The lowest BCUT2D eigenvalue weighted by Gasteiger charge is -2.19. The van der Waals surface area contributed by atoms with Crippen LogP contribution in [0, 0.1) is 5.92 Å². The summed E-state index contributed by atoms with van der Waals surface area (Å²) in [6, 6.07) is 15.0. The molecular weight excluding hydrogens is 326 g/mol. The van der Waals surface area contributed by atoms with Crippen molar-refractivity contribution < 1.29 is 9.59 Å². The number of carbonyl (C=O) groups excluding carboxylic acids is 2. The Morgan fingerprint density at radius 2 is 1.58 bits per heavy atom. The first kappa shape index (κ1) is 19.5. The highest BCUT2D eigenvalue weighted by Gasteiger charge is 2.13. The van der Waals surface area contributed by atoms with Crippen LogP contribution >= 0.6 is 0 Å². The zero-order chi connectivity index (χ0) is 19.1. The molecule has 0 saturated carbocycles. The molecule has 0 fully saturated rings. The van der Waals surface area contributed by atoms with E-state index in [1.807, 2.05) is 50.2 Å². The van der Waals surface area contributed by atoms with E-state index in [9.17, 15) is 9.59 Å². The molecule has 2 aromatic rings. The number of amides is 2. The van der Waals surface area contributed by atoms with Crippen LogP contribution in [0.1, 0.15) is 35.3 Å². The van der Waals surface area contributed by atoms with Gasteiger partial charge in [0.15, 0.2) is 0 Å². The van der Waals surface area contributed by atoms with Crippen LogP contribution in [-0.2, 0) is 17.8 Å². The molecule has 138 valence electrons. The number of nitrogens with zero attached hydrogens (tertiary/aromatic N) is 1. The topological polar surface area (TPSA) is 75.4 Å². The average molecular weight is 353 g/mol. The number of hydrogen-bond acceptors (Lipinski definition) is 3. The molecule has 0 unspecified atom stereocenters. The summed E-state index contributed by atoms with van der Waals surface area (Å²) in [6.45, 7) is 4.87. The molecular formula is C21H27N3O2. The Hall–Kier alpha value is -2.82. The number of nitrogens with one attached hydrogen (secondary N) is 1. The summed E-state index contributed by atoms with van der Waals surface area (Å²) in [6.07, 6.45) is 0.756. The minimum atomic E-state index is -0.0985. The molecule has 26 heavy (non-hydrogen) atoms. The maximum atomic E-state index is 12.2. The van der Waals surface area contributed by atoms with E-state index in [2.05, 4.69) is 5.32 Å². The lowest BCUT2D eigenvalue weighted by atomic mass is 10.1. The van der Waals surface area contributed by atoms with Crippen LogP contribution in [0.2, 0.25) is 0 Å². The number of hydrogen-bond donors (Lipinski definition) is 2. The molecule has 2 rings (SSSR count). The summed E-state index contributed by atoms with van der Waals surface area (Å²) in [5.74, 6) is -0.0146. The van der Waals surface area contributed by atoms with Gasteiger partial charge in [-0.3, -0.25) is 9.59 Å². The van der Waals surface area contributed by atoms with Crippen LogP contribution in [0.15, 0.2) is 48.5 Å². The van der Waals surface area contributed by atoms with E-state index in [1.165, 1.54) is 0 Å². The molecule has 0 heterocycles. The van der Waals surface area contributed by atoms with Gasteiger partial charge in [-0.05, 0) is 41.8 Å². The molecule has 0 aliphatic heterocycles. The highest BCUT2D eigenvalue weighted by atomic mass is 16.2. The fourth-order valence-corrected chi connectivity index (χ4v) is 2.66. The predicted molar refractivity (Wildman–Crippen MR) is 105 cm³/mol. The first-order valence-corrected chi connectivity index (χ1v) is 8.83. The summed E-state index contributed by atoms with van der Waals surface area (Å²) in [4.78, 5) is 25.9. The SMILES string of the molecule is CC(C)C(=O)N(C)Cc1ccc(C(=O)NCCc2ccc(N)cc2)cc1. The molecule has 2 amide bonds. The van der Waals surface area contributed by atoms with Crippen molar-refractivity contribution in [3.05, 3.63) is 65.2 Å². The number of nitrogens with two attached hydrogens (primary N) is 1. The molecule has 5 nitrogen and oxygen atoms in total. The molecule has 0 spiro atoms. The molecule has 2 aromatic carbocycles. The summed E-state index contributed by atoms with van der Waals surface area (Å²) in [5.41, 5.74) is 9.14. The number of benzene rings is 2. The molecule has 0 aliphatic rings. The van der Waals surface area contributed by atoms with Gasteiger partial charge in [-0.1, -0.05) is 38.1 Å². The van der Waals surface area contributed by atoms with Crippen LogP contribution in [0.3, 0.4) is 0 Å². The van der Waals surface area contributed by atoms with Crippen LogP contribution in [0.5, 0.6) is 0 Å². The van der Waals surface area contributed by atoms with E-state index in [-0.39, 0.29) is 17.7 Å². The zero-order valence-corrected chi connectivity index (χ0v) is 15.7. The molecule has 0 bridgehead atoms. The predicted octanol–water partition coefficient (Wildman–Crippen LogP) is 2.86. The second-order valence-electron chi connectivity index (χ2n) is 6.79. The van der Waals surface area contributed by atoms with Crippen LogP contribution in [0.25, 0.3) is 0 Å². The number of anilines is 1. The monoisotopic (exact) mass is 353 g/mol. The number of nitrogen functional groups attached to an aromatic ring is 1. The number of rotatable bonds is 7. The van der Waals surface area contributed by atoms with Crippen molar-refractivity contribution in [3.63, 3.8) is 0 Å². The Bertz CT molecular complexity index is 737. The smallest absolute Gasteiger partial charge is 0.251 e. The maximum Gasteiger partial charge on any atom is 0.251 e. The largest absolute Gasteiger partial charge is 0.399 e. The van der Waals surface area contributed by atoms with Gasteiger partial charge >= 0.3 is 0 Å². The Labute approximate surface area is 155 Å². The summed E-state index contributed by atoms with van der Waals surface area (Å²) < 4.78 is 0. The van der Waals surface area contributed by atoms with Gasteiger partial charge < -0.3 is 16.0 Å². The van der Waals surface area contributed by atoms with Gasteiger partial charge in [0.1, 0.15) is 0 Å². The second-order valence-corrected chi connectivity index (χ2v) is 6.79. The van der Waals surface area contributed by atoms with Gasteiger partial charge in [-0.2, -0.15) is 0 Å². The van der Waals surface area contributed by atoms with Crippen LogP contribution < -0.4 is 11.1 Å². The Balaban J connectivity index is 1.84. The Morgan fingerprint density at radius 3 is 2.15 bits per heavy atom. The van der Waals surface area contributed by atoms with Crippen molar-refractivity contribution in [3.8, 4) is 0 Å². The maximum absolute atomic E-state index is 12.2. The van der Waals surface area contributed by atoms with E-state index >= 15 is 0 Å². The highest BCUT2D eigenvalue weighted by Crippen LogP contribution is 2.10. The zero-order valence-electron chi connectivity index (χ0n) is 15.7. The fourth-order valence-electron chi connectivity index (χ4n) is 2.66.